The molecule has 0 bridgehead atoms. The van der Waals surface area contributed by atoms with Gasteiger partial charge < -0.3 is 15.5 Å². The summed E-state index contributed by atoms with van der Waals surface area (Å²) in [5.74, 6) is 1.12. The van der Waals surface area contributed by atoms with Gasteiger partial charge in [0.25, 0.3) is 0 Å². The molecule has 1 aromatic carbocycles. The van der Waals surface area contributed by atoms with Crippen LogP contribution >= 0.6 is 0 Å². The first kappa shape index (κ1) is 16.3. The molecule has 0 amide bonds. The van der Waals surface area contributed by atoms with Crippen molar-refractivity contribution in [3.63, 3.8) is 0 Å². The van der Waals surface area contributed by atoms with E-state index in [9.17, 15) is 0 Å². The van der Waals surface area contributed by atoms with Crippen molar-refractivity contribution in [1.29, 1.82) is 0 Å². The summed E-state index contributed by atoms with van der Waals surface area (Å²) in [7, 11) is 0. The highest BCUT2D eigenvalue weighted by Crippen LogP contribution is 2.23. The van der Waals surface area contributed by atoms with Crippen molar-refractivity contribution < 1.29 is 0 Å². The molecule has 1 fully saturated rings. The number of rotatable bonds is 6. The van der Waals surface area contributed by atoms with Gasteiger partial charge in [-0.3, -0.25) is 4.98 Å². The van der Waals surface area contributed by atoms with E-state index in [0.717, 1.165) is 24.5 Å². The van der Waals surface area contributed by atoms with Crippen molar-refractivity contribution in [1.82, 2.24) is 20.2 Å². The second kappa shape index (κ2) is 7.77. The van der Waals surface area contributed by atoms with Gasteiger partial charge in [0, 0.05) is 30.7 Å². The molecular formula is C19H21N7. The van der Waals surface area contributed by atoms with E-state index >= 15 is 0 Å². The second-order valence-corrected chi connectivity index (χ2v) is 6.21. The van der Waals surface area contributed by atoms with Gasteiger partial charge >= 0.3 is 0 Å². The number of pyridine rings is 1. The molecule has 4 rings (SSSR count). The predicted molar refractivity (Wildman–Crippen MR) is 103 cm³/mol. The minimum absolute atomic E-state index is 0.467. The zero-order valence-corrected chi connectivity index (χ0v) is 14.5. The van der Waals surface area contributed by atoms with Gasteiger partial charge in [-0.25, -0.2) is 0 Å². The van der Waals surface area contributed by atoms with E-state index in [1.165, 1.54) is 18.5 Å². The van der Waals surface area contributed by atoms with Crippen molar-refractivity contribution >= 4 is 23.1 Å². The van der Waals surface area contributed by atoms with E-state index in [1.807, 2.05) is 18.2 Å². The molecule has 2 aromatic heterocycles. The molecule has 0 saturated carbocycles. The molecule has 0 aliphatic carbocycles. The Hall–Kier alpha value is -3.22. The molecule has 1 aliphatic heterocycles. The number of benzene rings is 1. The first-order valence-electron chi connectivity index (χ1n) is 8.82. The fraction of sp³-hybridized carbons (Fsp3) is 0.263. The van der Waals surface area contributed by atoms with Crippen LogP contribution in [0.3, 0.4) is 0 Å². The Morgan fingerprint density at radius 1 is 1.00 bits per heavy atom. The average Bonchev–Trinajstić information content (AvgIpc) is 3.23. The molecule has 26 heavy (non-hydrogen) atoms. The number of aromatic nitrogens is 4. The minimum Gasteiger partial charge on any atom is -0.372 e. The van der Waals surface area contributed by atoms with Crippen LogP contribution in [0.5, 0.6) is 0 Å². The summed E-state index contributed by atoms with van der Waals surface area (Å²) in [6.07, 6.45) is 5.93. The standard InChI is InChI=1S/C19H21N7/c1-2-10-20-16(5-1)13-21-19-24-18(14-22-25-19)23-15-6-8-17(9-7-15)26-11-3-4-12-26/h1-2,5-10,14H,3-4,11-13H2,(H2,21,23,24,25). The quantitative estimate of drug-likeness (QED) is 0.709. The van der Waals surface area contributed by atoms with E-state index in [1.54, 1.807) is 12.4 Å². The molecule has 0 unspecified atom stereocenters. The highest BCUT2D eigenvalue weighted by molar-refractivity contribution is 5.61. The van der Waals surface area contributed by atoms with Crippen LogP contribution in [0.15, 0.2) is 54.9 Å². The van der Waals surface area contributed by atoms with Gasteiger partial charge in [-0.2, -0.15) is 10.1 Å². The maximum absolute atomic E-state index is 4.45. The number of nitrogens with zero attached hydrogens (tertiary/aromatic N) is 5. The van der Waals surface area contributed by atoms with Crippen LogP contribution in [0.1, 0.15) is 18.5 Å². The summed E-state index contributed by atoms with van der Waals surface area (Å²) in [6, 6.07) is 14.2. The molecule has 132 valence electrons. The molecule has 1 aliphatic rings. The Kier molecular flexibility index (Phi) is 4.86. The summed E-state index contributed by atoms with van der Waals surface area (Å²) in [5.41, 5.74) is 3.17. The SMILES string of the molecule is c1ccc(CNc2nncc(Nc3ccc(N4CCCC4)cc3)n2)nc1. The summed E-state index contributed by atoms with van der Waals surface area (Å²) < 4.78 is 0. The highest BCUT2D eigenvalue weighted by atomic mass is 15.3. The second-order valence-electron chi connectivity index (χ2n) is 6.21. The molecule has 3 aromatic rings. The molecule has 7 nitrogen and oxygen atoms in total. The first-order valence-corrected chi connectivity index (χ1v) is 8.82. The molecule has 7 heteroatoms. The zero-order valence-electron chi connectivity index (χ0n) is 14.5. The Morgan fingerprint density at radius 3 is 2.62 bits per heavy atom. The van der Waals surface area contributed by atoms with E-state index in [0.29, 0.717) is 18.3 Å². The number of nitrogens with one attached hydrogen (secondary N) is 2. The lowest BCUT2D eigenvalue weighted by Gasteiger charge is -2.17. The highest BCUT2D eigenvalue weighted by Gasteiger charge is 2.11. The van der Waals surface area contributed by atoms with Gasteiger partial charge in [0.2, 0.25) is 5.95 Å². The third kappa shape index (κ3) is 4.05. The summed E-state index contributed by atoms with van der Waals surface area (Å²) in [5, 5.41) is 14.4. The number of anilines is 4. The van der Waals surface area contributed by atoms with Crippen LogP contribution in [0.25, 0.3) is 0 Å². The molecule has 1 saturated heterocycles. The fourth-order valence-corrected chi connectivity index (χ4v) is 2.99. The van der Waals surface area contributed by atoms with Gasteiger partial charge in [0.15, 0.2) is 5.82 Å². The fourth-order valence-electron chi connectivity index (χ4n) is 2.99. The molecular weight excluding hydrogens is 326 g/mol. The molecule has 2 N–H and O–H groups in total. The molecule has 0 spiro atoms. The summed E-state index contributed by atoms with van der Waals surface area (Å²) >= 11 is 0. The normalized spacial score (nSPS) is 13.6. The van der Waals surface area contributed by atoms with E-state index in [2.05, 4.69) is 60.0 Å². The topological polar surface area (TPSA) is 78.9 Å². The lowest BCUT2D eigenvalue weighted by atomic mass is 10.2. The van der Waals surface area contributed by atoms with Crippen molar-refractivity contribution in [3.8, 4) is 0 Å². The number of hydrogen-bond donors (Lipinski definition) is 2. The Labute approximate surface area is 152 Å². The van der Waals surface area contributed by atoms with Gasteiger partial charge in [-0.1, -0.05) is 6.07 Å². The first-order chi connectivity index (χ1) is 12.9. The van der Waals surface area contributed by atoms with Crippen molar-refractivity contribution in [3.05, 3.63) is 60.6 Å². The lowest BCUT2D eigenvalue weighted by Crippen LogP contribution is -2.17. The van der Waals surface area contributed by atoms with E-state index < -0.39 is 0 Å². The van der Waals surface area contributed by atoms with Gasteiger partial charge in [0.1, 0.15) is 0 Å². The van der Waals surface area contributed by atoms with Crippen molar-refractivity contribution in [2.24, 2.45) is 0 Å². The summed E-state index contributed by atoms with van der Waals surface area (Å²) in [4.78, 5) is 11.1. The number of hydrogen-bond acceptors (Lipinski definition) is 7. The molecule has 0 atom stereocenters. The van der Waals surface area contributed by atoms with Gasteiger partial charge in [0.05, 0.1) is 18.4 Å². The third-order valence-corrected chi connectivity index (χ3v) is 4.32. The maximum atomic E-state index is 4.45. The van der Waals surface area contributed by atoms with Crippen molar-refractivity contribution in [2.75, 3.05) is 28.6 Å². The summed E-state index contributed by atoms with van der Waals surface area (Å²) in [6.45, 7) is 2.85. The van der Waals surface area contributed by atoms with E-state index in [4.69, 9.17) is 0 Å². The Bertz CT molecular complexity index is 830. The monoisotopic (exact) mass is 347 g/mol. The zero-order chi connectivity index (χ0) is 17.6. The van der Waals surface area contributed by atoms with Crippen LogP contribution in [0.2, 0.25) is 0 Å². The van der Waals surface area contributed by atoms with Crippen LogP contribution in [-0.2, 0) is 6.54 Å². The van der Waals surface area contributed by atoms with Crippen LogP contribution in [0, 0.1) is 0 Å². The van der Waals surface area contributed by atoms with Crippen molar-refractivity contribution in [2.45, 2.75) is 19.4 Å². The Balaban J connectivity index is 1.38. The van der Waals surface area contributed by atoms with E-state index in [-0.39, 0.29) is 0 Å². The van der Waals surface area contributed by atoms with Crippen LogP contribution < -0.4 is 15.5 Å². The minimum atomic E-state index is 0.467. The molecule has 3 heterocycles. The predicted octanol–water partition coefficient (Wildman–Crippen LogP) is 3.22. The third-order valence-electron chi connectivity index (χ3n) is 4.32. The van der Waals surface area contributed by atoms with Crippen LogP contribution in [-0.4, -0.2) is 33.3 Å². The van der Waals surface area contributed by atoms with Crippen LogP contribution in [0.4, 0.5) is 23.1 Å². The smallest absolute Gasteiger partial charge is 0.245 e. The maximum Gasteiger partial charge on any atom is 0.245 e. The van der Waals surface area contributed by atoms with Gasteiger partial charge in [-0.15, -0.1) is 5.10 Å². The Morgan fingerprint density at radius 2 is 1.85 bits per heavy atom. The molecule has 0 radical (unpaired) electrons. The average molecular weight is 347 g/mol. The lowest BCUT2D eigenvalue weighted by molar-refractivity contribution is 0.934. The van der Waals surface area contributed by atoms with Gasteiger partial charge in [-0.05, 0) is 49.2 Å². The largest absolute Gasteiger partial charge is 0.372 e.